The highest BCUT2D eigenvalue weighted by molar-refractivity contribution is 5.88. The summed E-state index contributed by atoms with van der Waals surface area (Å²) in [6.45, 7) is 7.41. The van der Waals surface area contributed by atoms with Crippen molar-refractivity contribution in [3.8, 4) is 11.5 Å². The number of carbonyl (C=O) groups excluding carboxylic acids is 2. The van der Waals surface area contributed by atoms with Gasteiger partial charge in [0, 0.05) is 24.7 Å². The number of ether oxygens (including phenoxy) is 2. The Morgan fingerprint density at radius 1 is 1.18 bits per heavy atom. The summed E-state index contributed by atoms with van der Waals surface area (Å²) in [7, 11) is 1.32. The first-order valence-electron chi connectivity index (χ1n) is 10.8. The van der Waals surface area contributed by atoms with Gasteiger partial charge in [0.25, 0.3) is 5.91 Å². The third kappa shape index (κ3) is 6.93. The van der Waals surface area contributed by atoms with Crippen molar-refractivity contribution in [3.05, 3.63) is 63.7 Å². The van der Waals surface area contributed by atoms with Crippen LogP contribution in [0.25, 0.3) is 0 Å². The van der Waals surface area contributed by atoms with Crippen molar-refractivity contribution in [1.29, 1.82) is 0 Å². The van der Waals surface area contributed by atoms with Gasteiger partial charge in [0.1, 0.15) is 11.8 Å². The molecule has 1 N–H and O–H groups in total. The number of benzene rings is 2. The molecule has 33 heavy (non-hydrogen) atoms. The number of methoxy groups -OCH3 is 1. The first kappa shape index (κ1) is 25.6. The second-order valence-electron chi connectivity index (χ2n) is 7.82. The van der Waals surface area contributed by atoms with E-state index in [1.54, 1.807) is 6.92 Å². The highest BCUT2D eigenvalue weighted by Crippen LogP contribution is 2.30. The Bertz CT molecular complexity index is 994. The molecular formula is C24H31N3O6. The maximum Gasteiger partial charge on any atom is 0.311 e. The predicted octanol–water partition coefficient (Wildman–Crippen LogP) is 3.62. The van der Waals surface area contributed by atoms with E-state index in [2.05, 4.69) is 5.32 Å². The van der Waals surface area contributed by atoms with Crippen molar-refractivity contribution < 1.29 is 24.0 Å². The summed E-state index contributed by atoms with van der Waals surface area (Å²) in [5.74, 6) is -0.355. The Morgan fingerprint density at radius 2 is 1.88 bits per heavy atom. The number of rotatable bonds is 11. The third-order valence-corrected chi connectivity index (χ3v) is 5.48. The van der Waals surface area contributed by atoms with E-state index in [4.69, 9.17) is 9.47 Å². The maximum atomic E-state index is 13.1. The fraction of sp³-hybridized carbons (Fsp3) is 0.417. The van der Waals surface area contributed by atoms with E-state index in [0.29, 0.717) is 0 Å². The van der Waals surface area contributed by atoms with Gasteiger partial charge in [-0.25, -0.2) is 0 Å². The Kier molecular flexibility index (Phi) is 9.20. The summed E-state index contributed by atoms with van der Waals surface area (Å²) in [6, 6.07) is 10.9. The number of hydrogen-bond acceptors (Lipinski definition) is 6. The monoisotopic (exact) mass is 457 g/mol. The average molecular weight is 458 g/mol. The van der Waals surface area contributed by atoms with E-state index in [9.17, 15) is 19.7 Å². The number of hydrogen-bond donors (Lipinski definition) is 1. The lowest BCUT2D eigenvalue weighted by atomic mass is 10.1. The van der Waals surface area contributed by atoms with E-state index in [1.807, 2.05) is 45.0 Å². The molecule has 9 nitrogen and oxygen atoms in total. The molecule has 0 unspecified atom stereocenters. The molecule has 0 saturated carbocycles. The van der Waals surface area contributed by atoms with Gasteiger partial charge in [0.05, 0.1) is 12.0 Å². The number of nitro groups is 1. The van der Waals surface area contributed by atoms with Crippen molar-refractivity contribution in [1.82, 2.24) is 10.2 Å². The lowest BCUT2D eigenvalue weighted by Gasteiger charge is -2.30. The maximum absolute atomic E-state index is 13.1. The first-order valence-corrected chi connectivity index (χ1v) is 10.8. The van der Waals surface area contributed by atoms with Crippen molar-refractivity contribution in [3.63, 3.8) is 0 Å². The van der Waals surface area contributed by atoms with Crippen LogP contribution in [0.1, 0.15) is 38.3 Å². The van der Waals surface area contributed by atoms with Gasteiger partial charge in [-0.15, -0.1) is 0 Å². The zero-order valence-electron chi connectivity index (χ0n) is 19.7. The zero-order valence-corrected chi connectivity index (χ0v) is 19.7. The number of nitrogens with one attached hydrogen (secondary N) is 1. The molecular weight excluding hydrogens is 426 g/mol. The lowest BCUT2D eigenvalue weighted by molar-refractivity contribution is -0.385. The molecule has 0 radical (unpaired) electrons. The van der Waals surface area contributed by atoms with Gasteiger partial charge in [-0.3, -0.25) is 19.7 Å². The molecule has 2 atom stereocenters. The molecule has 2 aromatic carbocycles. The topological polar surface area (TPSA) is 111 Å². The number of carbonyl (C=O) groups is 2. The molecule has 0 bridgehead atoms. The van der Waals surface area contributed by atoms with Gasteiger partial charge < -0.3 is 19.7 Å². The van der Waals surface area contributed by atoms with E-state index in [1.165, 1.54) is 30.2 Å². The molecule has 0 saturated heterocycles. The summed E-state index contributed by atoms with van der Waals surface area (Å²) < 4.78 is 10.6. The largest absolute Gasteiger partial charge is 0.490 e. The quantitative estimate of drug-likeness (QED) is 0.408. The van der Waals surface area contributed by atoms with Crippen LogP contribution in [0.2, 0.25) is 0 Å². The van der Waals surface area contributed by atoms with Crippen LogP contribution in [0.15, 0.2) is 42.5 Å². The summed E-state index contributed by atoms with van der Waals surface area (Å²) in [6.07, 6.45) is 0.773. The van der Waals surface area contributed by atoms with Crippen molar-refractivity contribution >= 4 is 17.5 Å². The molecule has 178 valence electrons. The molecule has 0 fully saturated rings. The highest BCUT2D eigenvalue weighted by atomic mass is 16.6. The van der Waals surface area contributed by atoms with Gasteiger partial charge in [0.2, 0.25) is 11.7 Å². The van der Waals surface area contributed by atoms with Crippen molar-refractivity contribution in [2.24, 2.45) is 0 Å². The fourth-order valence-corrected chi connectivity index (χ4v) is 3.15. The minimum Gasteiger partial charge on any atom is -0.490 e. The van der Waals surface area contributed by atoms with Gasteiger partial charge in [-0.1, -0.05) is 31.2 Å². The standard InChI is InChI=1S/C24H31N3O6/c1-6-17(3)25-24(29)18(4)26(14-19-10-8-7-9-16(19)2)23(28)15-33-20-11-12-21(27(30)31)22(13-20)32-5/h7-13,17-18H,6,14-15H2,1-5H3,(H,25,29)/t17-,18-/m0/s1. The second-order valence-corrected chi connectivity index (χ2v) is 7.82. The SMILES string of the molecule is CC[C@H](C)NC(=O)[C@H](C)N(Cc1ccccc1C)C(=O)COc1ccc([N+](=O)[O-])c(OC)c1. The van der Waals surface area contributed by atoms with E-state index in [-0.39, 0.29) is 48.2 Å². The van der Waals surface area contributed by atoms with E-state index >= 15 is 0 Å². The summed E-state index contributed by atoms with van der Waals surface area (Å²) in [5, 5.41) is 14.0. The summed E-state index contributed by atoms with van der Waals surface area (Å²) in [4.78, 5) is 37.9. The van der Waals surface area contributed by atoms with Crippen LogP contribution in [-0.4, -0.2) is 47.4 Å². The molecule has 0 aliphatic carbocycles. The van der Waals surface area contributed by atoms with Crippen molar-refractivity contribution in [2.45, 2.75) is 52.7 Å². The number of nitro benzene ring substituents is 1. The molecule has 2 aromatic rings. The normalized spacial score (nSPS) is 12.4. The molecule has 9 heteroatoms. The first-order chi connectivity index (χ1) is 15.7. The number of amides is 2. The van der Waals surface area contributed by atoms with Crippen LogP contribution in [0, 0.1) is 17.0 Å². The minimum atomic E-state index is -0.721. The van der Waals surface area contributed by atoms with Crippen LogP contribution in [-0.2, 0) is 16.1 Å². The van der Waals surface area contributed by atoms with E-state index < -0.39 is 11.0 Å². The van der Waals surface area contributed by atoms with Crippen LogP contribution in [0.4, 0.5) is 5.69 Å². The lowest BCUT2D eigenvalue weighted by Crippen LogP contribution is -2.50. The average Bonchev–Trinajstić information content (AvgIpc) is 2.80. The molecule has 0 aromatic heterocycles. The molecule has 2 rings (SSSR count). The zero-order chi connectivity index (χ0) is 24.5. The molecule has 0 aliphatic rings. The summed E-state index contributed by atoms with van der Waals surface area (Å²) in [5.41, 5.74) is 1.73. The minimum absolute atomic E-state index is 0.0146. The Balaban J connectivity index is 2.21. The fourth-order valence-electron chi connectivity index (χ4n) is 3.15. The van der Waals surface area contributed by atoms with Crippen molar-refractivity contribution in [2.75, 3.05) is 13.7 Å². The van der Waals surface area contributed by atoms with Gasteiger partial charge in [-0.05, 0) is 44.4 Å². The Morgan fingerprint density at radius 3 is 2.48 bits per heavy atom. The molecule has 0 spiro atoms. The van der Waals surface area contributed by atoms with Gasteiger partial charge in [0.15, 0.2) is 6.61 Å². The highest BCUT2D eigenvalue weighted by Gasteiger charge is 2.27. The third-order valence-electron chi connectivity index (χ3n) is 5.48. The van der Waals surface area contributed by atoms with Crippen LogP contribution < -0.4 is 14.8 Å². The summed E-state index contributed by atoms with van der Waals surface area (Å²) >= 11 is 0. The molecule has 0 aliphatic heterocycles. The predicted molar refractivity (Wildman–Crippen MR) is 124 cm³/mol. The van der Waals surface area contributed by atoms with Crippen LogP contribution >= 0.6 is 0 Å². The number of nitrogens with zero attached hydrogens (tertiary/aromatic N) is 2. The molecule has 0 heterocycles. The number of aryl methyl sites for hydroxylation is 1. The van der Waals surface area contributed by atoms with Gasteiger partial charge in [-0.2, -0.15) is 0 Å². The Hall–Kier alpha value is -3.62. The van der Waals surface area contributed by atoms with Gasteiger partial charge >= 0.3 is 5.69 Å². The Labute approximate surface area is 193 Å². The molecule has 2 amide bonds. The van der Waals surface area contributed by atoms with Crippen LogP contribution in [0.5, 0.6) is 11.5 Å². The second kappa shape index (κ2) is 11.8. The van der Waals surface area contributed by atoms with E-state index in [0.717, 1.165) is 17.5 Å². The van der Waals surface area contributed by atoms with Crippen LogP contribution in [0.3, 0.4) is 0 Å². The smallest absolute Gasteiger partial charge is 0.311 e.